The lowest BCUT2D eigenvalue weighted by molar-refractivity contribution is 0.0950. The maximum atomic E-state index is 12.3. The summed E-state index contributed by atoms with van der Waals surface area (Å²) in [6, 6.07) is 19.5. The molecule has 0 radical (unpaired) electrons. The molecule has 6 heteroatoms. The quantitative estimate of drug-likeness (QED) is 0.662. The Morgan fingerprint density at radius 2 is 1.82 bits per heavy atom. The van der Waals surface area contributed by atoms with Crippen LogP contribution >= 0.6 is 0 Å². The van der Waals surface area contributed by atoms with Crippen LogP contribution in [0.4, 0.5) is 5.82 Å². The lowest BCUT2D eigenvalue weighted by Gasteiger charge is -2.08. The van der Waals surface area contributed by atoms with Gasteiger partial charge in [-0.2, -0.15) is 0 Å². The third-order valence-electron chi connectivity index (χ3n) is 4.48. The minimum absolute atomic E-state index is 0.166. The van der Waals surface area contributed by atoms with E-state index in [9.17, 15) is 4.79 Å². The summed E-state index contributed by atoms with van der Waals surface area (Å²) in [7, 11) is 0. The summed E-state index contributed by atoms with van der Waals surface area (Å²) in [5.41, 5.74) is 2.74. The Morgan fingerprint density at radius 1 is 0.964 bits per heavy atom. The number of hydrogen-bond acceptors (Lipinski definition) is 5. The number of ether oxygens (including phenoxy) is 2. The van der Waals surface area contributed by atoms with E-state index in [-0.39, 0.29) is 12.7 Å². The van der Waals surface area contributed by atoms with Gasteiger partial charge in [0.15, 0.2) is 11.5 Å². The van der Waals surface area contributed by atoms with Crippen LogP contribution < -0.4 is 20.1 Å². The van der Waals surface area contributed by atoms with Gasteiger partial charge in [-0.15, -0.1) is 0 Å². The fourth-order valence-corrected chi connectivity index (χ4v) is 2.95. The number of fused-ring (bicyclic) bond motifs is 1. The normalized spacial score (nSPS) is 11.9. The minimum atomic E-state index is -0.166. The lowest BCUT2D eigenvalue weighted by Crippen LogP contribution is -2.23. The first kappa shape index (κ1) is 17.9. The van der Waals surface area contributed by atoms with Crippen molar-refractivity contribution in [2.45, 2.75) is 13.0 Å². The van der Waals surface area contributed by atoms with Gasteiger partial charge in [-0.3, -0.25) is 4.79 Å². The van der Waals surface area contributed by atoms with Gasteiger partial charge >= 0.3 is 0 Å². The average Bonchev–Trinajstić information content (AvgIpc) is 3.21. The van der Waals surface area contributed by atoms with Gasteiger partial charge in [0, 0.05) is 19.3 Å². The average molecular weight is 375 g/mol. The summed E-state index contributed by atoms with van der Waals surface area (Å²) >= 11 is 0. The molecular weight excluding hydrogens is 354 g/mol. The van der Waals surface area contributed by atoms with E-state index in [2.05, 4.69) is 27.8 Å². The second-order valence-corrected chi connectivity index (χ2v) is 6.46. The monoisotopic (exact) mass is 375 g/mol. The Kier molecular flexibility index (Phi) is 5.38. The molecular formula is C22H21N3O3. The van der Waals surface area contributed by atoms with E-state index in [0.29, 0.717) is 17.9 Å². The molecule has 2 aromatic carbocycles. The number of nitrogens with zero attached hydrogens (tertiary/aromatic N) is 1. The molecule has 3 aromatic rings. The maximum absolute atomic E-state index is 12.3. The number of aromatic nitrogens is 1. The van der Waals surface area contributed by atoms with Crippen LogP contribution in [0.3, 0.4) is 0 Å². The van der Waals surface area contributed by atoms with E-state index >= 15 is 0 Å². The SMILES string of the molecule is O=C(NCc1ccc2c(c1)OCO2)c1ccc(NCCc2ccccc2)nc1. The number of nitrogens with one attached hydrogen (secondary N) is 2. The Hall–Kier alpha value is -3.54. The summed E-state index contributed by atoms with van der Waals surface area (Å²) in [5.74, 6) is 2.03. The molecule has 2 heterocycles. The number of anilines is 1. The molecule has 6 nitrogen and oxygen atoms in total. The van der Waals surface area contributed by atoms with Crippen molar-refractivity contribution in [2.75, 3.05) is 18.7 Å². The van der Waals surface area contributed by atoms with E-state index < -0.39 is 0 Å². The van der Waals surface area contributed by atoms with Crippen molar-refractivity contribution >= 4 is 11.7 Å². The highest BCUT2D eigenvalue weighted by Gasteiger charge is 2.13. The number of amides is 1. The third-order valence-corrected chi connectivity index (χ3v) is 4.48. The van der Waals surface area contributed by atoms with Crippen molar-refractivity contribution in [3.8, 4) is 11.5 Å². The van der Waals surface area contributed by atoms with E-state index in [4.69, 9.17) is 9.47 Å². The van der Waals surface area contributed by atoms with Crippen LogP contribution in [0, 0.1) is 0 Å². The van der Waals surface area contributed by atoms with E-state index in [1.54, 1.807) is 12.3 Å². The molecule has 1 aliphatic rings. The highest BCUT2D eigenvalue weighted by Crippen LogP contribution is 2.32. The molecule has 4 rings (SSSR count). The molecule has 0 bridgehead atoms. The van der Waals surface area contributed by atoms with Crippen LogP contribution in [-0.4, -0.2) is 24.2 Å². The van der Waals surface area contributed by atoms with Crippen LogP contribution in [0.2, 0.25) is 0 Å². The van der Waals surface area contributed by atoms with Crippen molar-refractivity contribution in [3.05, 3.63) is 83.6 Å². The Bertz CT molecular complexity index is 943. The van der Waals surface area contributed by atoms with Gasteiger partial charge < -0.3 is 20.1 Å². The zero-order chi connectivity index (χ0) is 19.2. The molecule has 2 N–H and O–H groups in total. The molecule has 28 heavy (non-hydrogen) atoms. The Balaban J connectivity index is 1.26. The van der Waals surface area contributed by atoms with E-state index in [1.165, 1.54) is 5.56 Å². The second kappa shape index (κ2) is 8.43. The van der Waals surface area contributed by atoms with Gasteiger partial charge in [-0.05, 0) is 41.8 Å². The lowest BCUT2D eigenvalue weighted by atomic mass is 10.1. The molecule has 0 spiro atoms. The third kappa shape index (κ3) is 4.40. The molecule has 1 aliphatic heterocycles. The highest BCUT2D eigenvalue weighted by atomic mass is 16.7. The number of carbonyl (C=O) groups is 1. The standard InChI is InChI=1S/C22H21N3O3/c26-22(25-13-17-6-8-19-20(12-17)28-15-27-19)18-7-9-21(24-14-18)23-11-10-16-4-2-1-3-5-16/h1-9,12,14H,10-11,13,15H2,(H,23,24)(H,25,26). The fourth-order valence-electron chi connectivity index (χ4n) is 2.95. The largest absolute Gasteiger partial charge is 0.454 e. The number of pyridine rings is 1. The molecule has 142 valence electrons. The first-order valence-corrected chi connectivity index (χ1v) is 9.18. The molecule has 0 fully saturated rings. The van der Waals surface area contributed by atoms with Crippen molar-refractivity contribution in [3.63, 3.8) is 0 Å². The van der Waals surface area contributed by atoms with Crippen LogP contribution in [-0.2, 0) is 13.0 Å². The summed E-state index contributed by atoms with van der Waals surface area (Å²) < 4.78 is 10.6. The van der Waals surface area contributed by atoms with Crippen LogP contribution in [0.5, 0.6) is 11.5 Å². The maximum Gasteiger partial charge on any atom is 0.253 e. The number of hydrogen-bond donors (Lipinski definition) is 2. The summed E-state index contributed by atoms with van der Waals surface area (Å²) in [6.07, 6.45) is 2.50. The Labute approximate surface area is 163 Å². The summed E-state index contributed by atoms with van der Waals surface area (Å²) in [6.45, 7) is 1.43. The Morgan fingerprint density at radius 3 is 2.64 bits per heavy atom. The number of rotatable bonds is 7. The molecule has 1 aromatic heterocycles. The first-order chi connectivity index (χ1) is 13.8. The van der Waals surface area contributed by atoms with E-state index in [1.807, 2.05) is 42.5 Å². The molecule has 0 aliphatic carbocycles. The summed E-state index contributed by atoms with van der Waals surface area (Å²) in [5, 5.41) is 6.17. The summed E-state index contributed by atoms with van der Waals surface area (Å²) in [4.78, 5) is 16.7. The molecule has 0 atom stereocenters. The minimum Gasteiger partial charge on any atom is -0.454 e. The van der Waals surface area contributed by atoms with Crippen molar-refractivity contribution in [1.29, 1.82) is 0 Å². The van der Waals surface area contributed by atoms with Crippen LogP contribution in [0.25, 0.3) is 0 Å². The van der Waals surface area contributed by atoms with Crippen LogP contribution in [0.1, 0.15) is 21.5 Å². The van der Waals surface area contributed by atoms with Crippen LogP contribution in [0.15, 0.2) is 66.9 Å². The molecule has 0 saturated carbocycles. The highest BCUT2D eigenvalue weighted by molar-refractivity contribution is 5.94. The first-order valence-electron chi connectivity index (χ1n) is 9.18. The van der Waals surface area contributed by atoms with Crippen molar-refractivity contribution in [2.24, 2.45) is 0 Å². The molecule has 0 unspecified atom stereocenters. The van der Waals surface area contributed by atoms with Gasteiger partial charge in [0.1, 0.15) is 5.82 Å². The predicted octanol–water partition coefficient (Wildman–Crippen LogP) is 3.39. The topological polar surface area (TPSA) is 72.5 Å². The van der Waals surface area contributed by atoms with Gasteiger partial charge in [0.2, 0.25) is 6.79 Å². The predicted molar refractivity (Wildman–Crippen MR) is 107 cm³/mol. The van der Waals surface area contributed by atoms with Gasteiger partial charge in [-0.1, -0.05) is 36.4 Å². The van der Waals surface area contributed by atoms with Crippen molar-refractivity contribution < 1.29 is 14.3 Å². The van der Waals surface area contributed by atoms with Gasteiger partial charge in [-0.25, -0.2) is 4.98 Å². The zero-order valence-electron chi connectivity index (χ0n) is 15.4. The molecule has 1 amide bonds. The zero-order valence-corrected chi connectivity index (χ0v) is 15.4. The second-order valence-electron chi connectivity index (χ2n) is 6.46. The van der Waals surface area contributed by atoms with E-state index in [0.717, 1.165) is 30.1 Å². The molecule has 0 saturated heterocycles. The fraction of sp³-hybridized carbons (Fsp3) is 0.182. The number of carbonyl (C=O) groups excluding carboxylic acids is 1. The smallest absolute Gasteiger partial charge is 0.253 e. The van der Waals surface area contributed by atoms with Crippen molar-refractivity contribution in [1.82, 2.24) is 10.3 Å². The van der Waals surface area contributed by atoms with Gasteiger partial charge in [0.25, 0.3) is 5.91 Å². The van der Waals surface area contributed by atoms with Gasteiger partial charge in [0.05, 0.1) is 5.56 Å². The number of benzene rings is 2.